The molecule has 1 unspecified atom stereocenters. The first-order chi connectivity index (χ1) is 9.65. The highest BCUT2D eigenvalue weighted by molar-refractivity contribution is 7.99. The molecular weight excluding hydrogens is 270 g/mol. The lowest BCUT2D eigenvalue weighted by Crippen LogP contribution is -2.11. The van der Waals surface area contributed by atoms with Crippen LogP contribution in [-0.2, 0) is 12.2 Å². The molecule has 0 amide bonds. The Morgan fingerprint density at radius 3 is 2.70 bits per heavy atom. The standard InChI is InChI=1S/C15H21N3OS/c1-11(2)20-10-14-17-15(19-18-14)13(16)9-8-12-6-4-3-5-7-12/h3-7,11,13H,8-10,16H2,1-2H3. The number of rotatable bonds is 7. The van der Waals surface area contributed by atoms with Gasteiger partial charge < -0.3 is 10.3 Å². The van der Waals surface area contributed by atoms with Crippen LogP contribution in [0.25, 0.3) is 0 Å². The third kappa shape index (κ3) is 4.65. The zero-order valence-electron chi connectivity index (χ0n) is 12.0. The number of hydrogen-bond donors (Lipinski definition) is 1. The first-order valence-electron chi connectivity index (χ1n) is 6.88. The molecule has 0 radical (unpaired) electrons. The fourth-order valence-electron chi connectivity index (χ4n) is 1.81. The van der Waals surface area contributed by atoms with Gasteiger partial charge in [-0.3, -0.25) is 0 Å². The van der Waals surface area contributed by atoms with Crippen molar-refractivity contribution in [3.05, 3.63) is 47.6 Å². The van der Waals surface area contributed by atoms with Crippen LogP contribution in [0.4, 0.5) is 0 Å². The van der Waals surface area contributed by atoms with Crippen LogP contribution in [0.3, 0.4) is 0 Å². The minimum Gasteiger partial charge on any atom is -0.338 e. The minimum atomic E-state index is -0.194. The first kappa shape index (κ1) is 15.1. The Kier molecular flexibility index (Phi) is 5.61. The summed E-state index contributed by atoms with van der Waals surface area (Å²) >= 11 is 1.79. The number of nitrogens with zero attached hydrogens (tertiary/aromatic N) is 2. The molecular formula is C15H21N3OS. The second-order valence-electron chi connectivity index (χ2n) is 5.04. The SMILES string of the molecule is CC(C)SCc1noc(C(N)CCc2ccccc2)n1. The second kappa shape index (κ2) is 7.45. The maximum atomic E-state index is 6.11. The average molecular weight is 291 g/mol. The zero-order chi connectivity index (χ0) is 14.4. The van der Waals surface area contributed by atoms with Crippen LogP contribution in [0.15, 0.2) is 34.9 Å². The number of aryl methyl sites for hydroxylation is 1. The van der Waals surface area contributed by atoms with E-state index in [0.29, 0.717) is 11.1 Å². The molecule has 1 atom stereocenters. The van der Waals surface area contributed by atoms with Gasteiger partial charge in [-0.1, -0.05) is 49.3 Å². The number of hydrogen-bond acceptors (Lipinski definition) is 5. The monoisotopic (exact) mass is 291 g/mol. The number of thioether (sulfide) groups is 1. The van der Waals surface area contributed by atoms with Crippen LogP contribution in [0.2, 0.25) is 0 Å². The molecule has 0 aliphatic carbocycles. The largest absolute Gasteiger partial charge is 0.338 e. The summed E-state index contributed by atoms with van der Waals surface area (Å²) in [7, 11) is 0. The lowest BCUT2D eigenvalue weighted by molar-refractivity contribution is 0.346. The molecule has 5 heteroatoms. The Labute approximate surface area is 124 Å². The maximum Gasteiger partial charge on any atom is 0.243 e. The van der Waals surface area contributed by atoms with Gasteiger partial charge in [0, 0.05) is 0 Å². The van der Waals surface area contributed by atoms with Crippen LogP contribution in [0.1, 0.15) is 43.6 Å². The molecule has 2 N–H and O–H groups in total. The molecule has 1 aromatic heterocycles. The Hall–Kier alpha value is -1.33. The molecule has 0 aliphatic rings. The molecule has 0 spiro atoms. The average Bonchev–Trinajstić information content (AvgIpc) is 2.92. The summed E-state index contributed by atoms with van der Waals surface area (Å²) < 4.78 is 5.25. The van der Waals surface area contributed by atoms with Crippen molar-refractivity contribution in [3.63, 3.8) is 0 Å². The molecule has 108 valence electrons. The van der Waals surface area contributed by atoms with Crippen molar-refractivity contribution in [1.82, 2.24) is 10.1 Å². The van der Waals surface area contributed by atoms with Crippen molar-refractivity contribution in [2.75, 3.05) is 0 Å². The molecule has 0 fully saturated rings. The van der Waals surface area contributed by atoms with Gasteiger partial charge in [-0.15, -0.1) is 0 Å². The molecule has 20 heavy (non-hydrogen) atoms. The lowest BCUT2D eigenvalue weighted by atomic mass is 10.1. The van der Waals surface area contributed by atoms with E-state index in [4.69, 9.17) is 10.3 Å². The van der Waals surface area contributed by atoms with E-state index in [-0.39, 0.29) is 6.04 Å². The highest BCUT2D eigenvalue weighted by atomic mass is 32.2. The Morgan fingerprint density at radius 1 is 1.25 bits per heavy atom. The molecule has 1 heterocycles. The summed E-state index contributed by atoms with van der Waals surface area (Å²) in [5.74, 6) is 2.04. The van der Waals surface area contributed by atoms with E-state index in [0.717, 1.165) is 24.4 Å². The van der Waals surface area contributed by atoms with Gasteiger partial charge in [0.2, 0.25) is 5.89 Å². The van der Waals surface area contributed by atoms with Crippen molar-refractivity contribution in [3.8, 4) is 0 Å². The van der Waals surface area contributed by atoms with Crippen LogP contribution < -0.4 is 5.73 Å². The third-order valence-corrected chi connectivity index (χ3v) is 4.03. The van der Waals surface area contributed by atoms with Gasteiger partial charge >= 0.3 is 0 Å². The van der Waals surface area contributed by atoms with Gasteiger partial charge in [-0.25, -0.2) is 0 Å². The van der Waals surface area contributed by atoms with Crippen LogP contribution in [0.5, 0.6) is 0 Å². The molecule has 1 aromatic carbocycles. The summed E-state index contributed by atoms with van der Waals surface area (Å²) in [4.78, 5) is 4.37. The molecule has 2 aromatic rings. The van der Waals surface area contributed by atoms with Gasteiger partial charge in [0.05, 0.1) is 11.8 Å². The van der Waals surface area contributed by atoms with Gasteiger partial charge in [-0.05, 0) is 23.7 Å². The fraction of sp³-hybridized carbons (Fsp3) is 0.467. The Morgan fingerprint density at radius 2 is 2.00 bits per heavy atom. The van der Waals surface area contributed by atoms with Crippen molar-refractivity contribution >= 4 is 11.8 Å². The van der Waals surface area contributed by atoms with Crippen LogP contribution >= 0.6 is 11.8 Å². The maximum absolute atomic E-state index is 6.11. The molecule has 2 rings (SSSR count). The minimum absolute atomic E-state index is 0.194. The number of benzene rings is 1. The van der Waals surface area contributed by atoms with E-state index in [2.05, 4.69) is 36.1 Å². The molecule has 4 nitrogen and oxygen atoms in total. The van der Waals surface area contributed by atoms with Gasteiger partial charge in [0.1, 0.15) is 0 Å². The van der Waals surface area contributed by atoms with Gasteiger partial charge in [0.25, 0.3) is 0 Å². The van der Waals surface area contributed by atoms with E-state index >= 15 is 0 Å². The van der Waals surface area contributed by atoms with Crippen molar-refractivity contribution in [2.24, 2.45) is 5.73 Å². The second-order valence-corrected chi connectivity index (χ2v) is 6.60. The highest BCUT2D eigenvalue weighted by Gasteiger charge is 2.15. The molecule has 0 bridgehead atoms. The molecule has 0 saturated carbocycles. The molecule has 0 saturated heterocycles. The summed E-state index contributed by atoms with van der Waals surface area (Å²) in [6.45, 7) is 4.30. The first-order valence-corrected chi connectivity index (χ1v) is 7.93. The van der Waals surface area contributed by atoms with Gasteiger partial charge in [-0.2, -0.15) is 16.7 Å². The fourth-order valence-corrected chi connectivity index (χ4v) is 2.41. The lowest BCUT2D eigenvalue weighted by Gasteiger charge is -2.06. The van der Waals surface area contributed by atoms with Crippen molar-refractivity contribution in [1.29, 1.82) is 0 Å². The topological polar surface area (TPSA) is 64.9 Å². The predicted octanol–water partition coefficient (Wildman–Crippen LogP) is 3.34. The summed E-state index contributed by atoms with van der Waals surface area (Å²) in [6, 6.07) is 10.1. The smallest absolute Gasteiger partial charge is 0.243 e. The normalized spacial score (nSPS) is 12.8. The third-order valence-electron chi connectivity index (χ3n) is 2.93. The van der Waals surface area contributed by atoms with E-state index in [1.165, 1.54) is 5.56 Å². The number of nitrogens with two attached hydrogens (primary N) is 1. The van der Waals surface area contributed by atoms with E-state index in [1.54, 1.807) is 11.8 Å². The Balaban J connectivity index is 1.84. The van der Waals surface area contributed by atoms with E-state index in [1.807, 2.05) is 18.2 Å². The number of aromatic nitrogens is 2. The summed E-state index contributed by atoms with van der Waals surface area (Å²) in [5, 5.41) is 4.54. The molecule has 0 aliphatic heterocycles. The van der Waals surface area contributed by atoms with Crippen LogP contribution in [-0.4, -0.2) is 15.4 Å². The van der Waals surface area contributed by atoms with Crippen molar-refractivity contribution in [2.45, 2.75) is 43.7 Å². The quantitative estimate of drug-likeness (QED) is 0.847. The van der Waals surface area contributed by atoms with E-state index < -0.39 is 0 Å². The van der Waals surface area contributed by atoms with Crippen LogP contribution in [0, 0.1) is 0 Å². The Bertz CT molecular complexity index is 513. The van der Waals surface area contributed by atoms with Gasteiger partial charge in [0.15, 0.2) is 5.82 Å². The van der Waals surface area contributed by atoms with Crippen molar-refractivity contribution < 1.29 is 4.52 Å². The highest BCUT2D eigenvalue weighted by Crippen LogP contribution is 2.18. The summed E-state index contributed by atoms with van der Waals surface area (Å²) in [5.41, 5.74) is 7.39. The van der Waals surface area contributed by atoms with E-state index in [9.17, 15) is 0 Å². The summed E-state index contributed by atoms with van der Waals surface area (Å²) in [6.07, 6.45) is 1.73. The zero-order valence-corrected chi connectivity index (χ0v) is 12.8. The predicted molar refractivity (Wildman–Crippen MR) is 82.4 cm³/mol.